The molecular weight excluding hydrogens is 320 g/mol. The van der Waals surface area contributed by atoms with Crippen LogP contribution in [0.25, 0.3) is 0 Å². The highest BCUT2D eigenvalue weighted by molar-refractivity contribution is 6.27. The first-order valence-electron chi connectivity index (χ1n) is 8.16. The average Bonchev–Trinajstić information content (AvgIpc) is 2.86. The van der Waals surface area contributed by atoms with E-state index in [-0.39, 0.29) is 17.2 Å². The van der Waals surface area contributed by atoms with Crippen LogP contribution in [-0.2, 0) is 14.4 Å². The molecule has 1 unspecified atom stereocenters. The Balaban J connectivity index is 2.51. The zero-order valence-corrected chi connectivity index (χ0v) is 14.5. The van der Waals surface area contributed by atoms with Crippen LogP contribution in [0.3, 0.4) is 0 Å². The van der Waals surface area contributed by atoms with Gasteiger partial charge >= 0.3 is 0 Å². The van der Waals surface area contributed by atoms with Gasteiger partial charge in [-0.2, -0.15) is 0 Å². The lowest BCUT2D eigenvalue weighted by molar-refractivity contribution is -0.118. The molecule has 1 heterocycles. The summed E-state index contributed by atoms with van der Waals surface area (Å²) >= 11 is 0. The second-order valence-corrected chi connectivity index (χ2v) is 5.35. The van der Waals surface area contributed by atoms with Crippen LogP contribution in [0.5, 0.6) is 0 Å². The summed E-state index contributed by atoms with van der Waals surface area (Å²) < 4.78 is 0. The van der Waals surface area contributed by atoms with E-state index in [1.54, 1.807) is 30.4 Å². The van der Waals surface area contributed by atoms with Crippen LogP contribution in [-0.4, -0.2) is 35.3 Å². The molecule has 6 heteroatoms. The SMILES string of the molecule is C/C=C/C=C/C(=O)NCCCC1NC(=O)\C(=C(O)/C=C/C=C/C)C1=O. The van der Waals surface area contributed by atoms with Crippen LogP contribution >= 0.6 is 0 Å². The molecule has 0 bridgehead atoms. The molecule has 25 heavy (non-hydrogen) atoms. The molecule has 0 aromatic rings. The number of hydrogen-bond acceptors (Lipinski definition) is 4. The summed E-state index contributed by atoms with van der Waals surface area (Å²) in [6, 6.07) is -0.671. The van der Waals surface area contributed by atoms with E-state index in [0.29, 0.717) is 19.4 Å². The minimum absolute atomic E-state index is 0.216. The highest BCUT2D eigenvalue weighted by atomic mass is 16.3. The highest BCUT2D eigenvalue weighted by Gasteiger charge is 2.37. The Bertz CT molecular complexity index is 654. The molecule has 1 aliphatic rings. The number of rotatable bonds is 8. The van der Waals surface area contributed by atoms with E-state index in [0.717, 1.165) is 0 Å². The largest absolute Gasteiger partial charge is 0.507 e. The minimum atomic E-state index is -0.671. The van der Waals surface area contributed by atoms with Crippen LogP contribution in [0.4, 0.5) is 0 Å². The number of aliphatic hydroxyl groups is 1. The Morgan fingerprint density at radius 1 is 1.12 bits per heavy atom. The van der Waals surface area contributed by atoms with Crippen LogP contribution in [0.1, 0.15) is 26.7 Å². The Labute approximate surface area is 147 Å². The monoisotopic (exact) mass is 344 g/mol. The molecule has 0 saturated carbocycles. The van der Waals surface area contributed by atoms with Crippen molar-refractivity contribution in [3.05, 3.63) is 59.9 Å². The summed E-state index contributed by atoms with van der Waals surface area (Å²) in [5, 5.41) is 15.1. The van der Waals surface area contributed by atoms with Crippen molar-refractivity contribution in [3.8, 4) is 0 Å². The molecule has 0 aromatic heterocycles. The maximum atomic E-state index is 12.2. The third-order valence-electron chi connectivity index (χ3n) is 3.43. The van der Waals surface area contributed by atoms with Gasteiger partial charge in [0.05, 0.1) is 6.04 Å². The van der Waals surface area contributed by atoms with E-state index < -0.39 is 17.7 Å². The van der Waals surface area contributed by atoms with Gasteiger partial charge in [0.15, 0.2) is 5.78 Å². The van der Waals surface area contributed by atoms with Crippen LogP contribution in [0.15, 0.2) is 59.9 Å². The standard InChI is InChI=1S/C19H24N2O4/c1-3-5-7-11-15(22)17-18(24)14(21-19(17)25)10-9-13-20-16(23)12-8-6-4-2/h3-8,11-12,14,22H,9-10,13H2,1-2H3,(H,20,23)(H,21,25)/b5-3+,6-4+,11-7+,12-8+,17-15+. The van der Waals surface area contributed by atoms with Gasteiger partial charge in [0.1, 0.15) is 11.3 Å². The first kappa shape index (κ1) is 20.2. The summed E-state index contributed by atoms with van der Waals surface area (Å²) in [7, 11) is 0. The van der Waals surface area contributed by atoms with Gasteiger partial charge in [-0.15, -0.1) is 0 Å². The van der Waals surface area contributed by atoms with Crippen molar-refractivity contribution in [2.45, 2.75) is 32.7 Å². The van der Waals surface area contributed by atoms with Gasteiger partial charge in [0, 0.05) is 12.6 Å². The van der Waals surface area contributed by atoms with Crippen LogP contribution < -0.4 is 10.6 Å². The number of Topliss-reactive ketones (excluding diaryl/α,β-unsaturated/α-hetero) is 1. The van der Waals surface area contributed by atoms with Crippen molar-refractivity contribution in [2.75, 3.05) is 6.54 Å². The Morgan fingerprint density at radius 3 is 2.40 bits per heavy atom. The Hall–Kier alpha value is -2.89. The van der Waals surface area contributed by atoms with Gasteiger partial charge in [-0.1, -0.05) is 36.5 Å². The summed E-state index contributed by atoms with van der Waals surface area (Å²) in [4.78, 5) is 35.6. The van der Waals surface area contributed by atoms with Crippen molar-refractivity contribution in [2.24, 2.45) is 0 Å². The first-order chi connectivity index (χ1) is 12.0. The number of nitrogens with one attached hydrogen (secondary N) is 2. The molecule has 0 aliphatic carbocycles. The third-order valence-corrected chi connectivity index (χ3v) is 3.43. The van der Waals surface area contributed by atoms with Gasteiger partial charge in [0.2, 0.25) is 5.91 Å². The Morgan fingerprint density at radius 2 is 1.76 bits per heavy atom. The van der Waals surface area contributed by atoms with Gasteiger partial charge in [-0.05, 0) is 32.8 Å². The number of aliphatic hydroxyl groups excluding tert-OH is 1. The van der Waals surface area contributed by atoms with Crippen molar-refractivity contribution >= 4 is 17.6 Å². The molecule has 2 amide bonds. The van der Waals surface area contributed by atoms with E-state index in [1.165, 1.54) is 12.2 Å². The molecule has 6 nitrogen and oxygen atoms in total. The maximum absolute atomic E-state index is 12.2. The van der Waals surface area contributed by atoms with Gasteiger partial charge in [-0.25, -0.2) is 0 Å². The quantitative estimate of drug-likeness (QED) is 0.206. The predicted octanol–water partition coefficient (Wildman–Crippen LogP) is 2.03. The van der Waals surface area contributed by atoms with Crippen molar-refractivity contribution in [1.82, 2.24) is 10.6 Å². The molecular formula is C19H24N2O4. The number of allylic oxidation sites excluding steroid dienone is 7. The fraction of sp³-hybridized carbons (Fsp3) is 0.316. The molecule has 1 rings (SSSR count). The van der Waals surface area contributed by atoms with Crippen molar-refractivity contribution in [3.63, 3.8) is 0 Å². The van der Waals surface area contributed by atoms with Crippen LogP contribution in [0.2, 0.25) is 0 Å². The number of hydrogen-bond donors (Lipinski definition) is 3. The van der Waals surface area contributed by atoms with Crippen LogP contribution in [0, 0.1) is 0 Å². The lowest BCUT2D eigenvalue weighted by atomic mass is 10.0. The second-order valence-electron chi connectivity index (χ2n) is 5.35. The van der Waals surface area contributed by atoms with Gasteiger partial charge < -0.3 is 15.7 Å². The van der Waals surface area contributed by atoms with E-state index in [4.69, 9.17) is 0 Å². The molecule has 1 saturated heterocycles. The maximum Gasteiger partial charge on any atom is 0.259 e. The second kappa shape index (κ2) is 10.8. The van der Waals surface area contributed by atoms with Gasteiger partial charge in [0.25, 0.3) is 5.91 Å². The molecule has 3 N–H and O–H groups in total. The number of carbonyl (C=O) groups is 3. The normalized spacial score (nSPS) is 20.3. The fourth-order valence-electron chi connectivity index (χ4n) is 2.20. The summed E-state index contributed by atoms with van der Waals surface area (Å²) in [6.07, 6.45) is 13.8. The van der Waals surface area contributed by atoms with E-state index >= 15 is 0 Å². The molecule has 0 spiro atoms. The third kappa shape index (κ3) is 6.63. The number of ketones is 1. The average molecular weight is 344 g/mol. The molecule has 134 valence electrons. The van der Waals surface area contributed by atoms with E-state index in [2.05, 4.69) is 10.6 Å². The van der Waals surface area contributed by atoms with Crippen molar-refractivity contribution in [1.29, 1.82) is 0 Å². The zero-order chi connectivity index (χ0) is 18.7. The molecule has 1 aliphatic heterocycles. The van der Waals surface area contributed by atoms with Gasteiger partial charge in [-0.3, -0.25) is 14.4 Å². The first-order valence-corrected chi connectivity index (χ1v) is 8.16. The predicted molar refractivity (Wildman–Crippen MR) is 96.7 cm³/mol. The zero-order valence-electron chi connectivity index (χ0n) is 14.5. The smallest absolute Gasteiger partial charge is 0.259 e. The van der Waals surface area contributed by atoms with Crippen molar-refractivity contribution < 1.29 is 19.5 Å². The molecule has 0 radical (unpaired) electrons. The molecule has 0 aromatic carbocycles. The number of carbonyl (C=O) groups excluding carboxylic acids is 3. The topological polar surface area (TPSA) is 95.5 Å². The summed E-state index contributed by atoms with van der Waals surface area (Å²) in [5.74, 6) is -1.55. The molecule has 1 fully saturated rings. The lowest BCUT2D eigenvalue weighted by Crippen LogP contribution is -2.30. The van der Waals surface area contributed by atoms with E-state index in [9.17, 15) is 19.5 Å². The minimum Gasteiger partial charge on any atom is -0.507 e. The highest BCUT2D eigenvalue weighted by Crippen LogP contribution is 2.17. The number of amides is 2. The summed E-state index contributed by atoms with van der Waals surface area (Å²) in [6.45, 7) is 4.06. The lowest BCUT2D eigenvalue weighted by Gasteiger charge is -2.07. The Kier molecular flexibility index (Phi) is 8.71. The summed E-state index contributed by atoms with van der Waals surface area (Å²) in [5.41, 5.74) is -0.218. The fourth-order valence-corrected chi connectivity index (χ4v) is 2.20. The van der Waals surface area contributed by atoms with E-state index in [1.807, 2.05) is 19.9 Å². The molecule has 1 atom stereocenters.